The van der Waals surface area contributed by atoms with E-state index in [0.717, 1.165) is 19.3 Å². The highest BCUT2D eigenvalue weighted by Gasteiger charge is 2.19. The molecule has 110 valence electrons. The molecule has 7 heteroatoms. The van der Waals surface area contributed by atoms with Crippen molar-refractivity contribution in [2.45, 2.75) is 44.7 Å². The van der Waals surface area contributed by atoms with Crippen LogP contribution in [-0.2, 0) is 16.6 Å². The van der Waals surface area contributed by atoms with E-state index < -0.39 is 10.0 Å². The molecule has 0 aliphatic carbocycles. The van der Waals surface area contributed by atoms with E-state index in [1.165, 1.54) is 6.20 Å². The van der Waals surface area contributed by atoms with Gasteiger partial charge in [-0.3, -0.25) is 5.10 Å². The maximum Gasteiger partial charge on any atom is 0.257 e. The molecule has 3 N–H and O–H groups in total. The maximum atomic E-state index is 12.1. The molecule has 0 fully saturated rings. The SMILES string of the molecule is CNCc1cn[nH]c1S(=O)(=O)NCCCCC(C)C. The van der Waals surface area contributed by atoms with Gasteiger partial charge in [0, 0.05) is 18.7 Å². The average molecular weight is 288 g/mol. The van der Waals surface area contributed by atoms with Crippen molar-refractivity contribution in [1.29, 1.82) is 0 Å². The Morgan fingerprint density at radius 1 is 1.37 bits per heavy atom. The molecule has 1 rings (SSSR count). The largest absolute Gasteiger partial charge is 0.316 e. The van der Waals surface area contributed by atoms with Crippen molar-refractivity contribution >= 4 is 10.0 Å². The fourth-order valence-electron chi connectivity index (χ4n) is 1.80. The van der Waals surface area contributed by atoms with Crippen molar-refractivity contribution in [2.24, 2.45) is 5.92 Å². The number of rotatable bonds is 9. The van der Waals surface area contributed by atoms with Crippen LogP contribution in [0.5, 0.6) is 0 Å². The lowest BCUT2D eigenvalue weighted by Crippen LogP contribution is -2.26. The molecule has 6 nitrogen and oxygen atoms in total. The lowest BCUT2D eigenvalue weighted by molar-refractivity contribution is 0.529. The summed E-state index contributed by atoms with van der Waals surface area (Å²) in [5.74, 6) is 0.659. The zero-order valence-electron chi connectivity index (χ0n) is 11.9. The van der Waals surface area contributed by atoms with Gasteiger partial charge in [-0.1, -0.05) is 26.7 Å². The van der Waals surface area contributed by atoms with Crippen molar-refractivity contribution in [3.63, 3.8) is 0 Å². The van der Waals surface area contributed by atoms with E-state index in [1.807, 2.05) is 0 Å². The third-order valence-corrected chi connectivity index (χ3v) is 4.29. The summed E-state index contributed by atoms with van der Waals surface area (Å²) >= 11 is 0. The van der Waals surface area contributed by atoms with Gasteiger partial charge >= 0.3 is 0 Å². The number of unbranched alkanes of at least 4 members (excludes halogenated alkanes) is 1. The Morgan fingerprint density at radius 3 is 2.74 bits per heavy atom. The molecule has 0 saturated carbocycles. The Morgan fingerprint density at radius 2 is 2.11 bits per heavy atom. The number of nitrogens with one attached hydrogen (secondary N) is 3. The molecule has 0 bridgehead atoms. The van der Waals surface area contributed by atoms with E-state index in [9.17, 15) is 8.42 Å². The molecular weight excluding hydrogens is 264 g/mol. The van der Waals surface area contributed by atoms with Crippen molar-refractivity contribution < 1.29 is 8.42 Å². The fraction of sp³-hybridized carbons (Fsp3) is 0.750. The van der Waals surface area contributed by atoms with Gasteiger partial charge in [-0.25, -0.2) is 13.1 Å². The second kappa shape index (κ2) is 7.62. The van der Waals surface area contributed by atoms with E-state index in [4.69, 9.17) is 0 Å². The molecular formula is C12H24N4O2S. The van der Waals surface area contributed by atoms with Crippen LogP contribution in [0.1, 0.15) is 38.7 Å². The molecule has 19 heavy (non-hydrogen) atoms. The predicted octanol–water partition coefficient (Wildman–Crippen LogP) is 1.23. The van der Waals surface area contributed by atoms with Gasteiger partial charge in [-0.05, 0) is 19.4 Å². The van der Waals surface area contributed by atoms with Crippen molar-refractivity contribution in [3.05, 3.63) is 11.8 Å². The second-order valence-corrected chi connectivity index (χ2v) is 6.75. The molecule has 1 heterocycles. The average Bonchev–Trinajstić information content (AvgIpc) is 2.77. The van der Waals surface area contributed by atoms with Gasteiger partial charge in [0.25, 0.3) is 10.0 Å². The molecule has 0 aliphatic heterocycles. The van der Waals surface area contributed by atoms with Crippen LogP contribution in [0.2, 0.25) is 0 Å². The predicted molar refractivity (Wildman–Crippen MR) is 75.2 cm³/mol. The second-order valence-electron chi connectivity index (χ2n) is 5.04. The molecule has 0 atom stereocenters. The van der Waals surface area contributed by atoms with E-state index in [2.05, 4.69) is 34.1 Å². The lowest BCUT2D eigenvalue weighted by Gasteiger charge is -2.07. The van der Waals surface area contributed by atoms with Crippen molar-refractivity contribution in [1.82, 2.24) is 20.2 Å². The van der Waals surface area contributed by atoms with Gasteiger partial charge < -0.3 is 5.32 Å². The third-order valence-electron chi connectivity index (χ3n) is 2.81. The van der Waals surface area contributed by atoms with E-state index in [1.54, 1.807) is 7.05 Å². The summed E-state index contributed by atoms with van der Waals surface area (Å²) < 4.78 is 26.8. The van der Waals surface area contributed by atoms with E-state index in [0.29, 0.717) is 24.6 Å². The Hall–Kier alpha value is -0.920. The molecule has 0 aliphatic rings. The van der Waals surface area contributed by atoms with Crippen LogP contribution in [0.4, 0.5) is 0 Å². The summed E-state index contributed by atoms with van der Waals surface area (Å²) in [5.41, 5.74) is 0.650. The number of aromatic nitrogens is 2. The Bertz CT molecular complexity index is 468. The van der Waals surface area contributed by atoms with Crippen molar-refractivity contribution in [3.8, 4) is 0 Å². The zero-order valence-corrected chi connectivity index (χ0v) is 12.7. The summed E-state index contributed by atoms with van der Waals surface area (Å²) in [7, 11) is -1.71. The Labute approximate surface area is 115 Å². The van der Waals surface area contributed by atoms with Crippen LogP contribution in [0.25, 0.3) is 0 Å². The minimum absolute atomic E-state index is 0.158. The minimum Gasteiger partial charge on any atom is -0.316 e. The summed E-state index contributed by atoms with van der Waals surface area (Å²) in [6.07, 6.45) is 4.54. The third kappa shape index (κ3) is 5.30. The molecule has 1 aromatic heterocycles. The van der Waals surface area contributed by atoms with E-state index >= 15 is 0 Å². The van der Waals surface area contributed by atoms with Crippen molar-refractivity contribution in [2.75, 3.05) is 13.6 Å². The van der Waals surface area contributed by atoms with Gasteiger partial charge in [0.1, 0.15) is 0 Å². The monoisotopic (exact) mass is 288 g/mol. The highest BCUT2D eigenvalue weighted by Crippen LogP contribution is 2.11. The van der Waals surface area contributed by atoms with Crippen LogP contribution in [-0.4, -0.2) is 32.2 Å². The van der Waals surface area contributed by atoms with Gasteiger partial charge in [-0.15, -0.1) is 0 Å². The highest BCUT2D eigenvalue weighted by molar-refractivity contribution is 7.89. The number of hydrogen-bond acceptors (Lipinski definition) is 4. The fourth-order valence-corrected chi connectivity index (χ4v) is 3.00. The number of H-pyrrole nitrogens is 1. The zero-order chi connectivity index (χ0) is 14.3. The first-order chi connectivity index (χ1) is 8.97. The summed E-state index contributed by atoms with van der Waals surface area (Å²) in [6.45, 7) is 5.27. The summed E-state index contributed by atoms with van der Waals surface area (Å²) in [4.78, 5) is 0. The molecule has 1 aromatic rings. The number of nitrogens with zero attached hydrogens (tertiary/aromatic N) is 1. The topological polar surface area (TPSA) is 86.9 Å². The Kier molecular flexibility index (Phi) is 6.47. The van der Waals surface area contributed by atoms with Crippen LogP contribution < -0.4 is 10.0 Å². The molecule has 0 aromatic carbocycles. The lowest BCUT2D eigenvalue weighted by atomic mass is 10.1. The quantitative estimate of drug-likeness (QED) is 0.597. The van der Waals surface area contributed by atoms with Crippen LogP contribution >= 0.6 is 0 Å². The molecule has 0 radical (unpaired) electrons. The molecule has 0 spiro atoms. The van der Waals surface area contributed by atoms with Gasteiger partial charge in [0.15, 0.2) is 5.03 Å². The van der Waals surface area contributed by atoms with Gasteiger partial charge in [0.2, 0.25) is 0 Å². The Balaban J connectivity index is 2.49. The molecule has 0 unspecified atom stereocenters. The number of hydrogen-bond donors (Lipinski definition) is 3. The summed E-state index contributed by atoms with van der Waals surface area (Å²) in [5, 5.41) is 9.42. The first kappa shape index (κ1) is 16.1. The molecule has 0 amide bonds. The standard InChI is InChI=1S/C12H24N4O2S/c1-10(2)6-4-5-7-15-19(17,18)12-11(8-13-3)9-14-16-12/h9-10,13,15H,4-8H2,1-3H3,(H,14,16). The number of sulfonamides is 1. The summed E-state index contributed by atoms with van der Waals surface area (Å²) in [6, 6.07) is 0. The van der Waals surface area contributed by atoms with E-state index in [-0.39, 0.29) is 5.03 Å². The highest BCUT2D eigenvalue weighted by atomic mass is 32.2. The number of aromatic amines is 1. The minimum atomic E-state index is -3.48. The smallest absolute Gasteiger partial charge is 0.257 e. The van der Waals surface area contributed by atoms with Crippen LogP contribution in [0, 0.1) is 5.92 Å². The normalized spacial score (nSPS) is 12.2. The first-order valence-electron chi connectivity index (χ1n) is 6.64. The molecule has 0 saturated heterocycles. The maximum absolute atomic E-state index is 12.1. The first-order valence-corrected chi connectivity index (χ1v) is 8.12. The van der Waals surface area contributed by atoms with Gasteiger partial charge in [0.05, 0.1) is 6.20 Å². The van der Waals surface area contributed by atoms with Crippen LogP contribution in [0.15, 0.2) is 11.2 Å². The van der Waals surface area contributed by atoms with Crippen LogP contribution in [0.3, 0.4) is 0 Å². The van der Waals surface area contributed by atoms with Gasteiger partial charge in [-0.2, -0.15) is 5.10 Å².